The van der Waals surface area contributed by atoms with E-state index < -0.39 is 0 Å². The molecule has 2 N–H and O–H groups in total. The Morgan fingerprint density at radius 3 is 2.46 bits per heavy atom. The molecular formula is C24H30N4. The fourth-order valence-corrected chi connectivity index (χ4v) is 3.42. The van der Waals surface area contributed by atoms with E-state index in [0.717, 1.165) is 50.4 Å². The number of aromatic nitrogens is 2. The van der Waals surface area contributed by atoms with Crippen molar-refractivity contribution >= 4 is 0 Å². The first kappa shape index (κ1) is 20.2. The Hall–Kier alpha value is -2.56. The zero-order valence-electron chi connectivity index (χ0n) is 16.9. The van der Waals surface area contributed by atoms with E-state index in [0.29, 0.717) is 0 Å². The number of pyridine rings is 2. The fraction of sp³-hybridized carbons (Fsp3) is 0.333. The van der Waals surface area contributed by atoms with Gasteiger partial charge in [-0.15, -0.1) is 0 Å². The highest BCUT2D eigenvalue weighted by atomic mass is 15.1. The molecule has 1 aromatic carbocycles. The first-order valence-electron chi connectivity index (χ1n) is 10.0. The van der Waals surface area contributed by atoms with Gasteiger partial charge in [-0.05, 0) is 74.2 Å². The second kappa shape index (κ2) is 10.1. The number of unbranched alkanes of at least 4 members (excludes halogenated alkanes) is 1. The predicted molar refractivity (Wildman–Crippen MR) is 116 cm³/mol. The van der Waals surface area contributed by atoms with Gasteiger partial charge >= 0.3 is 0 Å². The molecule has 28 heavy (non-hydrogen) atoms. The van der Waals surface area contributed by atoms with Crippen molar-refractivity contribution in [2.24, 2.45) is 5.73 Å². The monoisotopic (exact) mass is 374 g/mol. The molecule has 0 saturated carbocycles. The lowest BCUT2D eigenvalue weighted by atomic mass is 10.1. The third-order valence-corrected chi connectivity index (χ3v) is 4.93. The van der Waals surface area contributed by atoms with Crippen molar-refractivity contribution in [2.75, 3.05) is 13.1 Å². The summed E-state index contributed by atoms with van der Waals surface area (Å²) in [5, 5.41) is 0. The molecule has 0 fully saturated rings. The lowest BCUT2D eigenvalue weighted by molar-refractivity contribution is 0.245. The van der Waals surface area contributed by atoms with Gasteiger partial charge in [0.05, 0.1) is 11.4 Å². The molecule has 2 aromatic heterocycles. The quantitative estimate of drug-likeness (QED) is 0.560. The topological polar surface area (TPSA) is 55.0 Å². The van der Waals surface area contributed by atoms with Gasteiger partial charge in [0.15, 0.2) is 0 Å². The summed E-state index contributed by atoms with van der Waals surface area (Å²) in [4.78, 5) is 11.7. The standard InChI is InChI=1S/C24H30N4/c1-19-14-20(2)24(27-16-19)18-28(13-7-6-11-25)17-23-15-22(10-12-26-23)21-8-4-3-5-9-21/h3-5,8-10,12,14-16H,6-7,11,13,17-18,25H2,1-2H3. The zero-order chi connectivity index (χ0) is 19.8. The van der Waals surface area contributed by atoms with E-state index in [2.05, 4.69) is 71.2 Å². The fourth-order valence-electron chi connectivity index (χ4n) is 3.42. The maximum absolute atomic E-state index is 5.70. The van der Waals surface area contributed by atoms with Crippen molar-refractivity contribution in [2.45, 2.75) is 39.8 Å². The van der Waals surface area contributed by atoms with Crippen molar-refractivity contribution in [1.82, 2.24) is 14.9 Å². The van der Waals surface area contributed by atoms with Crippen molar-refractivity contribution in [3.8, 4) is 11.1 Å². The Kier molecular flexibility index (Phi) is 7.29. The lowest BCUT2D eigenvalue weighted by Gasteiger charge is -2.23. The van der Waals surface area contributed by atoms with Gasteiger partial charge in [0.1, 0.15) is 0 Å². The van der Waals surface area contributed by atoms with Gasteiger partial charge in [0.2, 0.25) is 0 Å². The van der Waals surface area contributed by atoms with Crippen molar-refractivity contribution in [3.05, 3.63) is 83.4 Å². The summed E-state index contributed by atoms with van der Waals surface area (Å²) >= 11 is 0. The summed E-state index contributed by atoms with van der Waals surface area (Å²) in [7, 11) is 0. The summed E-state index contributed by atoms with van der Waals surface area (Å²) in [5.74, 6) is 0. The van der Waals surface area contributed by atoms with Crippen LogP contribution in [0.5, 0.6) is 0 Å². The summed E-state index contributed by atoms with van der Waals surface area (Å²) in [6.07, 6.45) is 5.98. The minimum atomic E-state index is 0.734. The molecule has 0 saturated heterocycles. The zero-order valence-corrected chi connectivity index (χ0v) is 16.9. The Morgan fingerprint density at radius 1 is 0.893 bits per heavy atom. The Morgan fingerprint density at radius 2 is 1.71 bits per heavy atom. The highest BCUT2D eigenvalue weighted by molar-refractivity contribution is 5.63. The molecule has 0 atom stereocenters. The van der Waals surface area contributed by atoms with E-state index in [-0.39, 0.29) is 0 Å². The molecule has 0 amide bonds. The van der Waals surface area contributed by atoms with E-state index in [9.17, 15) is 0 Å². The first-order valence-corrected chi connectivity index (χ1v) is 10.0. The van der Waals surface area contributed by atoms with Crippen LogP contribution in [0.15, 0.2) is 60.9 Å². The number of benzene rings is 1. The minimum Gasteiger partial charge on any atom is -0.330 e. The van der Waals surface area contributed by atoms with Gasteiger partial charge < -0.3 is 5.73 Å². The second-order valence-electron chi connectivity index (χ2n) is 7.38. The Bertz CT molecular complexity index is 877. The van der Waals surface area contributed by atoms with Crippen LogP contribution in [-0.2, 0) is 13.1 Å². The van der Waals surface area contributed by atoms with E-state index in [1.165, 1.54) is 22.3 Å². The SMILES string of the molecule is Cc1cnc(CN(CCCCN)Cc2cc(-c3ccccc3)ccn2)c(C)c1. The van der Waals surface area contributed by atoms with Crippen LogP contribution in [0.25, 0.3) is 11.1 Å². The molecule has 2 heterocycles. The molecule has 3 rings (SSSR count). The van der Waals surface area contributed by atoms with Crippen LogP contribution in [0.3, 0.4) is 0 Å². The van der Waals surface area contributed by atoms with Crippen LogP contribution in [0.1, 0.15) is 35.4 Å². The molecule has 4 nitrogen and oxygen atoms in total. The molecular weight excluding hydrogens is 344 g/mol. The largest absolute Gasteiger partial charge is 0.330 e. The Labute approximate surface area is 168 Å². The normalized spacial score (nSPS) is 11.1. The van der Waals surface area contributed by atoms with Crippen LogP contribution in [0.2, 0.25) is 0 Å². The van der Waals surface area contributed by atoms with Crippen molar-refractivity contribution in [1.29, 1.82) is 0 Å². The number of hydrogen-bond acceptors (Lipinski definition) is 4. The van der Waals surface area contributed by atoms with Crippen LogP contribution in [0.4, 0.5) is 0 Å². The molecule has 0 unspecified atom stereocenters. The predicted octanol–water partition coefficient (Wildman–Crippen LogP) is 4.50. The Balaban J connectivity index is 1.77. The minimum absolute atomic E-state index is 0.734. The van der Waals surface area contributed by atoms with E-state index >= 15 is 0 Å². The maximum Gasteiger partial charge on any atom is 0.0573 e. The summed E-state index contributed by atoms with van der Waals surface area (Å²) < 4.78 is 0. The van der Waals surface area contributed by atoms with Crippen LogP contribution in [0, 0.1) is 13.8 Å². The molecule has 0 aliphatic carbocycles. The van der Waals surface area contributed by atoms with Crippen LogP contribution < -0.4 is 5.73 Å². The van der Waals surface area contributed by atoms with Gasteiger partial charge in [-0.2, -0.15) is 0 Å². The molecule has 0 aliphatic heterocycles. The van der Waals surface area contributed by atoms with Gasteiger partial charge in [0.25, 0.3) is 0 Å². The summed E-state index contributed by atoms with van der Waals surface area (Å²) in [6, 6.07) is 16.9. The highest BCUT2D eigenvalue weighted by Gasteiger charge is 2.11. The maximum atomic E-state index is 5.70. The van der Waals surface area contributed by atoms with Gasteiger partial charge in [-0.25, -0.2) is 0 Å². The number of hydrogen-bond donors (Lipinski definition) is 1. The third-order valence-electron chi connectivity index (χ3n) is 4.93. The second-order valence-corrected chi connectivity index (χ2v) is 7.38. The van der Waals surface area contributed by atoms with Crippen LogP contribution in [-0.4, -0.2) is 28.0 Å². The highest BCUT2D eigenvalue weighted by Crippen LogP contribution is 2.20. The van der Waals surface area contributed by atoms with Gasteiger partial charge in [-0.1, -0.05) is 36.4 Å². The average molecular weight is 375 g/mol. The number of rotatable bonds is 9. The van der Waals surface area contributed by atoms with E-state index in [1.807, 2.05) is 18.5 Å². The van der Waals surface area contributed by atoms with Gasteiger partial charge in [-0.3, -0.25) is 14.9 Å². The van der Waals surface area contributed by atoms with Crippen molar-refractivity contribution in [3.63, 3.8) is 0 Å². The van der Waals surface area contributed by atoms with E-state index in [1.54, 1.807) is 0 Å². The lowest BCUT2D eigenvalue weighted by Crippen LogP contribution is -2.26. The molecule has 0 radical (unpaired) electrons. The number of aryl methyl sites for hydroxylation is 2. The molecule has 0 aliphatic rings. The summed E-state index contributed by atoms with van der Waals surface area (Å²) in [6.45, 7) is 7.58. The molecule has 4 heteroatoms. The number of nitrogens with two attached hydrogens (primary N) is 1. The molecule has 0 spiro atoms. The summed E-state index contributed by atoms with van der Waals surface area (Å²) in [5.41, 5.74) is 12.8. The molecule has 3 aromatic rings. The van der Waals surface area contributed by atoms with E-state index in [4.69, 9.17) is 5.73 Å². The third kappa shape index (κ3) is 5.72. The average Bonchev–Trinajstić information content (AvgIpc) is 2.71. The van der Waals surface area contributed by atoms with Crippen LogP contribution >= 0.6 is 0 Å². The first-order chi connectivity index (χ1) is 13.7. The smallest absolute Gasteiger partial charge is 0.0573 e. The molecule has 146 valence electrons. The number of nitrogens with zero attached hydrogens (tertiary/aromatic N) is 3. The van der Waals surface area contributed by atoms with Gasteiger partial charge in [0, 0.05) is 25.5 Å². The van der Waals surface area contributed by atoms with Crippen molar-refractivity contribution < 1.29 is 0 Å². The molecule has 0 bridgehead atoms.